The maximum atomic E-state index is 6.32. The molecular formula is C16H23N3. The van der Waals surface area contributed by atoms with Crippen LogP contribution in [0.2, 0.25) is 0 Å². The fourth-order valence-electron chi connectivity index (χ4n) is 2.29. The first-order chi connectivity index (χ1) is 9.00. The first-order valence-corrected chi connectivity index (χ1v) is 6.92. The lowest BCUT2D eigenvalue weighted by Crippen LogP contribution is -2.12. The van der Waals surface area contributed by atoms with E-state index in [0.29, 0.717) is 11.8 Å². The number of anilines is 1. The van der Waals surface area contributed by atoms with E-state index < -0.39 is 0 Å². The van der Waals surface area contributed by atoms with Gasteiger partial charge in [0.25, 0.3) is 0 Å². The molecule has 0 aliphatic rings. The Morgan fingerprint density at radius 1 is 1.11 bits per heavy atom. The van der Waals surface area contributed by atoms with Gasteiger partial charge in [-0.3, -0.25) is 0 Å². The highest BCUT2D eigenvalue weighted by molar-refractivity contribution is 5.71. The molecule has 1 heterocycles. The standard InChI is InChI=1S/C16H23N3/c1-11(2)10-19-15(17)14(18-16(19)12(3)4)13-8-6-5-7-9-13/h5-9,11-12H,10,17H2,1-4H3. The monoisotopic (exact) mass is 257 g/mol. The number of aromatic nitrogens is 2. The Morgan fingerprint density at radius 3 is 2.26 bits per heavy atom. The van der Waals surface area contributed by atoms with Gasteiger partial charge in [0, 0.05) is 18.0 Å². The molecule has 0 unspecified atom stereocenters. The van der Waals surface area contributed by atoms with E-state index in [-0.39, 0.29) is 0 Å². The Balaban J connectivity index is 2.52. The summed E-state index contributed by atoms with van der Waals surface area (Å²) in [5.41, 5.74) is 8.32. The van der Waals surface area contributed by atoms with E-state index in [1.54, 1.807) is 0 Å². The van der Waals surface area contributed by atoms with Crippen LogP contribution in [0.5, 0.6) is 0 Å². The quantitative estimate of drug-likeness (QED) is 0.902. The Bertz CT molecular complexity index is 539. The van der Waals surface area contributed by atoms with Crippen LogP contribution in [0.1, 0.15) is 39.4 Å². The van der Waals surface area contributed by atoms with Gasteiger partial charge in [-0.05, 0) is 5.92 Å². The second kappa shape index (κ2) is 5.47. The summed E-state index contributed by atoms with van der Waals surface area (Å²) in [4.78, 5) is 4.77. The smallest absolute Gasteiger partial charge is 0.131 e. The number of nitrogens with zero attached hydrogens (tertiary/aromatic N) is 2. The number of hydrogen-bond acceptors (Lipinski definition) is 2. The molecule has 1 aromatic heterocycles. The lowest BCUT2D eigenvalue weighted by Gasteiger charge is -2.14. The molecule has 102 valence electrons. The van der Waals surface area contributed by atoms with Crippen molar-refractivity contribution in [3.05, 3.63) is 36.2 Å². The van der Waals surface area contributed by atoms with Crippen molar-refractivity contribution < 1.29 is 0 Å². The molecule has 0 aliphatic carbocycles. The highest BCUT2D eigenvalue weighted by atomic mass is 15.1. The van der Waals surface area contributed by atoms with Crippen molar-refractivity contribution in [3.63, 3.8) is 0 Å². The fraction of sp³-hybridized carbons (Fsp3) is 0.438. The van der Waals surface area contributed by atoms with Gasteiger partial charge in [0.05, 0.1) is 0 Å². The molecule has 19 heavy (non-hydrogen) atoms. The minimum Gasteiger partial charge on any atom is -0.383 e. The van der Waals surface area contributed by atoms with Gasteiger partial charge in [-0.15, -0.1) is 0 Å². The molecule has 0 fully saturated rings. The maximum Gasteiger partial charge on any atom is 0.131 e. The Morgan fingerprint density at radius 2 is 1.74 bits per heavy atom. The van der Waals surface area contributed by atoms with Crippen LogP contribution in [-0.2, 0) is 6.54 Å². The zero-order valence-corrected chi connectivity index (χ0v) is 12.2. The first kappa shape index (κ1) is 13.7. The fourth-order valence-corrected chi connectivity index (χ4v) is 2.29. The second-order valence-corrected chi connectivity index (χ2v) is 5.73. The Kier molecular flexibility index (Phi) is 3.93. The Hall–Kier alpha value is -1.77. The molecule has 2 rings (SSSR count). The molecule has 0 atom stereocenters. The summed E-state index contributed by atoms with van der Waals surface area (Å²) in [5, 5.41) is 0. The van der Waals surface area contributed by atoms with Gasteiger partial charge in [0.2, 0.25) is 0 Å². The number of hydrogen-bond donors (Lipinski definition) is 1. The summed E-state index contributed by atoms with van der Waals surface area (Å²) in [6.45, 7) is 9.64. The largest absolute Gasteiger partial charge is 0.383 e. The molecular weight excluding hydrogens is 234 g/mol. The van der Waals surface area contributed by atoms with Crippen molar-refractivity contribution in [1.82, 2.24) is 9.55 Å². The van der Waals surface area contributed by atoms with Crippen LogP contribution >= 0.6 is 0 Å². The first-order valence-electron chi connectivity index (χ1n) is 6.92. The minimum absolute atomic E-state index is 0.374. The number of benzene rings is 1. The molecule has 0 bridgehead atoms. The van der Waals surface area contributed by atoms with Gasteiger partial charge in [-0.1, -0.05) is 58.0 Å². The number of imidazole rings is 1. The van der Waals surface area contributed by atoms with Crippen LogP contribution in [0.15, 0.2) is 30.3 Å². The topological polar surface area (TPSA) is 43.8 Å². The molecule has 2 N–H and O–H groups in total. The summed E-state index contributed by atoms with van der Waals surface area (Å²) in [6, 6.07) is 10.2. The predicted octanol–water partition coefficient (Wildman–Crippen LogP) is 3.91. The number of rotatable bonds is 4. The normalized spacial score (nSPS) is 11.5. The van der Waals surface area contributed by atoms with E-state index in [0.717, 1.165) is 29.4 Å². The van der Waals surface area contributed by atoms with Gasteiger partial charge >= 0.3 is 0 Å². The van der Waals surface area contributed by atoms with Crippen LogP contribution in [-0.4, -0.2) is 9.55 Å². The summed E-state index contributed by atoms with van der Waals surface area (Å²) >= 11 is 0. The van der Waals surface area contributed by atoms with Crippen molar-refractivity contribution in [1.29, 1.82) is 0 Å². The highest BCUT2D eigenvalue weighted by Crippen LogP contribution is 2.29. The van der Waals surface area contributed by atoms with E-state index in [2.05, 4.69) is 44.4 Å². The van der Waals surface area contributed by atoms with Crippen LogP contribution in [0.4, 0.5) is 5.82 Å². The van der Waals surface area contributed by atoms with Gasteiger partial charge in [0.15, 0.2) is 0 Å². The zero-order valence-electron chi connectivity index (χ0n) is 12.2. The lowest BCUT2D eigenvalue weighted by molar-refractivity contribution is 0.502. The molecule has 2 aromatic rings. The van der Waals surface area contributed by atoms with Crippen LogP contribution in [0, 0.1) is 5.92 Å². The lowest BCUT2D eigenvalue weighted by atomic mass is 10.1. The third-order valence-electron chi connectivity index (χ3n) is 3.15. The molecule has 0 aliphatic heterocycles. The predicted molar refractivity (Wildman–Crippen MR) is 81.0 cm³/mol. The van der Waals surface area contributed by atoms with Crippen molar-refractivity contribution in [2.45, 2.75) is 40.2 Å². The van der Waals surface area contributed by atoms with Crippen molar-refractivity contribution in [2.75, 3.05) is 5.73 Å². The van der Waals surface area contributed by atoms with Crippen molar-refractivity contribution >= 4 is 5.82 Å². The molecule has 3 heteroatoms. The van der Waals surface area contributed by atoms with E-state index in [4.69, 9.17) is 10.7 Å². The third-order valence-corrected chi connectivity index (χ3v) is 3.15. The molecule has 0 amide bonds. The maximum absolute atomic E-state index is 6.32. The molecule has 1 aromatic carbocycles. The molecule has 0 radical (unpaired) electrons. The van der Waals surface area contributed by atoms with Gasteiger partial charge < -0.3 is 10.3 Å². The Labute approximate surface area is 115 Å². The van der Waals surface area contributed by atoms with Crippen LogP contribution in [0.25, 0.3) is 11.3 Å². The van der Waals surface area contributed by atoms with E-state index in [9.17, 15) is 0 Å². The number of nitrogens with two attached hydrogens (primary N) is 1. The van der Waals surface area contributed by atoms with Crippen molar-refractivity contribution in [2.24, 2.45) is 5.92 Å². The summed E-state index contributed by atoms with van der Waals surface area (Å²) in [5.74, 6) is 2.78. The minimum atomic E-state index is 0.374. The van der Waals surface area contributed by atoms with Gasteiger partial charge in [-0.25, -0.2) is 4.98 Å². The van der Waals surface area contributed by atoms with Crippen LogP contribution in [0.3, 0.4) is 0 Å². The van der Waals surface area contributed by atoms with Gasteiger partial charge in [0.1, 0.15) is 17.3 Å². The average molecular weight is 257 g/mol. The average Bonchev–Trinajstić information content (AvgIpc) is 2.68. The molecule has 3 nitrogen and oxygen atoms in total. The van der Waals surface area contributed by atoms with Crippen LogP contribution < -0.4 is 5.73 Å². The van der Waals surface area contributed by atoms with Gasteiger partial charge in [-0.2, -0.15) is 0 Å². The molecule has 0 saturated carbocycles. The van der Waals surface area contributed by atoms with Crippen molar-refractivity contribution in [3.8, 4) is 11.3 Å². The summed E-state index contributed by atoms with van der Waals surface area (Å²) < 4.78 is 2.16. The molecule has 0 saturated heterocycles. The third kappa shape index (κ3) is 2.80. The zero-order chi connectivity index (χ0) is 14.0. The highest BCUT2D eigenvalue weighted by Gasteiger charge is 2.18. The van der Waals surface area contributed by atoms with E-state index in [1.807, 2.05) is 18.2 Å². The summed E-state index contributed by atoms with van der Waals surface area (Å²) in [7, 11) is 0. The SMILES string of the molecule is CC(C)Cn1c(C(C)C)nc(-c2ccccc2)c1N. The molecule has 0 spiro atoms. The van der Waals surface area contributed by atoms with E-state index >= 15 is 0 Å². The van der Waals surface area contributed by atoms with E-state index in [1.165, 1.54) is 0 Å². The summed E-state index contributed by atoms with van der Waals surface area (Å²) in [6.07, 6.45) is 0. The number of nitrogen functional groups attached to an aromatic ring is 1. The second-order valence-electron chi connectivity index (χ2n) is 5.73.